The zero-order valence-electron chi connectivity index (χ0n) is 13.6. The number of alkyl halides is 3. The van der Waals surface area contributed by atoms with Crippen molar-refractivity contribution < 1.29 is 18.0 Å². The summed E-state index contributed by atoms with van der Waals surface area (Å²) in [6, 6.07) is 3.36. The molecule has 0 aliphatic carbocycles. The van der Waals surface area contributed by atoms with E-state index in [-0.39, 0.29) is 11.6 Å². The van der Waals surface area contributed by atoms with E-state index in [9.17, 15) is 18.0 Å². The van der Waals surface area contributed by atoms with Crippen molar-refractivity contribution in [2.45, 2.75) is 24.9 Å². The van der Waals surface area contributed by atoms with E-state index in [0.29, 0.717) is 12.4 Å². The Morgan fingerprint density at radius 1 is 1.40 bits per heavy atom. The minimum atomic E-state index is -4.45. The highest BCUT2D eigenvalue weighted by atomic mass is 19.4. The molecule has 0 unspecified atom stereocenters. The molecule has 3 rings (SSSR count). The van der Waals surface area contributed by atoms with E-state index >= 15 is 0 Å². The van der Waals surface area contributed by atoms with E-state index in [4.69, 9.17) is 5.73 Å². The van der Waals surface area contributed by atoms with Crippen molar-refractivity contribution in [2.24, 2.45) is 12.8 Å². The fourth-order valence-electron chi connectivity index (χ4n) is 3.17. The molecular formula is C16H18F3N5O. The molecule has 1 saturated heterocycles. The predicted octanol–water partition coefficient (Wildman–Crippen LogP) is 2.32. The number of pyridine rings is 1. The Bertz CT molecular complexity index is 786. The van der Waals surface area contributed by atoms with Crippen LogP contribution >= 0.6 is 0 Å². The molecule has 1 atom stereocenters. The van der Waals surface area contributed by atoms with Crippen LogP contribution in [0.2, 0.25) is 0 Å². The number of hydrogen-bond acceptors (Lipinski definition) is 4. The molecule has 6 nitrogen and oxygen atoms in total. The highest BCUT2D eigenvalue weighted by molar-refractivity contribution is 5.91. The van der Waals surface area contributed by atoms with E-state index in [0.717, 1.165) is 31.3 Å². The van der Waals surface area contributed by atoms with Gasteiger partial charge in [-0.1, -0.05) is 0 Å². The third-order valence-electron chi connectivity index (χ3n) is 4.35. The lowest BCUT2D eigenvalue weighted by atomic mass is 9.96. The number of carbonyl (C=O) groups excluding carboxylic acids is 1. The van der Waals surface area contributed by atoms with Gasteiger partial charge in [0.15, 0.2) is 5.69 Å². The second-order valence-electron chi connectivity index (χ2n) is 6.14. The van der Waals surface area contributed by atoms with Crippen molar-refractivity contribution in [3.63, 3.8) is 0 Å². The maximum atomic E-state index is 12.9. The predicted molar refractivity (Wildman–Crippen MR) is 85.2 cm³/mol. The first-order chi connectivity index (χ1) is 11.8. The molecule has 0 aromatic carbocycles. The van der Waals surface area contributed by atoms with Gasteiger partial charge in [-0.2, -0.15) is 13.2 Å². The summed E-state index contributed by atoms with van der Waals surface area (Å²) in [5.74, 6) is -0.324. The lowest BCUT2D eigenvalue weighted by Gasteiger charge is -2.34. The van der Waals surface area contributed by atoms with Gasteiger partial charge in [-0.3, -0.25) is 9.78 Å². The highest BCUT2D eigenvalue weighted by Crippen LogP contribution is 2.33. The van der Waals surface area contributed by atoms with Crippen LogP contribution in [-0.4, -0.2) is 33.5 Å². The summed E-state index contributed by atoms with van der Waals surface area (Å²) in [4.78, 5) is 21.0. The van der Waals surface area contributed by atoms with Crippen LogP contribution in [0.15, 0.2) is 24.5 Å². The Kier molecular flexibility index (Phi) is 4.40. The molecule has 0 saturated carbocycles. The van der Waals surface area contributed by atoms with Crippen molar-refractivity contribution in [1.82, 2.24) is 14.5 Å². The lowest BCUT2D eigenvalue weighted by molar-refractivity contribution is -0.141. The van der Waals surface area contributed by atoms with Gasteiger partial charge in [0.05, 0.1) is 0 Å². The molecule has 0 spiro atoms. The van der Waals surface area contributed by atoms with Crippen LogP contribution in [0.3, 0.4) is 0 Å². The number of amides is 1. The number of piperidine rings is 1. The molecule has 2 N–H and O–H groups in total. The average Bonchev–Trinajstić information content (AvgIpc) is 2.97. The number of aryl methyl sites for hydroxylation is 1. The van der Waals surface area contributed by atoms with Crippen molar-refractivity contribution in [1.29, 1.82) is 0 Å². The largest absolute Gasteiger partial charge is 0.434 e. The van der Waals surface area contributed by atoms with Crippen molar-refractivity contribution in [3.05, 3.63) is 41.7 Å². The molecule has 1 fully saturated rings. The number of hydrogen-bond donors (Lipinski definition) is 1. The average molecular weight is 353 g/mol. The molecule has 0 radical (unpaired) electrons. The SMILES string of the molecule is Cn1cc(C(F)(F)F)nc1[C@@H]1CCCN(c2ccnc(C(N)=O)c2)C1. The van der Waals surface area contributed by atoms with Crippen molar-refractivity contribution in [2.75, 3.05) is 18.0 Å². The molecule has 2 aromatic heterocycles. The van der Waals surface area contributed by atoms with Crippen LogP contribution in [0.25, 0.3) is 0 Å². The van der Waals surface area contributed by atoms with Gasteiger partial charge >= 0.3 is 6.18 Å². The molecule has 0 bridgehead atoms. The van der Waals surface area contributed by atoms with Gasteiger partial charge in [-0.05, 0) is 25.0 Å². The Balaban J connectivity index is 1.83. The molecule has 25 heavy (non-hydrogen) atoms. The van der Waals surface area contributed by atoms with Gasteiger partial charge in [0, 0.05) is 44.1 Å². The maximum Gasteiger partial charge on any atom is 0.434 e. The summed E-state index contributed by atoms with van der Waals surface area (Å²) in [5, 5.41) is 0. The normalized spacial score (nSPS) is 18.4. The van der Waals surface area contributed by atoms with Crippen LogP contribution < -0.4 is 10.6 Å². The van der Waals surface area contributed by atoms with Crippen LogP contribution in [0.4, 0.5) is 18.9 Å². The molecule has 2 aromatic rings. The van der Waals surface area contributed by atoms with E-state index in [1.807, 2.05) is 4.90 Å². The van der Waals surface area contributed by atoms with E-state index in [1.54, 1.807) is 19.2 Å². The first-order valence-electron chi connectivity index (χ1n) is 7.87. The number of primary amides is 1. The van der Waals surface area contributed by atoms with Crippen molar-refractivity contribution in [3.8, 4) is 0 Å². The zero-order chi connectivity index (χ0) is 18.2. The Morgan fingerprint density at radius 2 is 2.16 bits per heavy atom. The molecule has 134 valence electrons. The summed E-state index contributed by atoms with van der Waals surface area (Å²) in [5.41, 5.74) is 5.32. The molecule has 1 aliphatic rings. The number of halogens is 3. The Labute approximate surface area is 142 Å². The number of nitrogens with zero attached hydrogens (tertiary/aromatic N) is 4. The molecule has 3 heterocycles. The van der Waals surface area contributed by atoms with Crippen molar-refractivity contribution >= 4 is 11.6 Å². The summed E-state index contributed by atoms with van der Waals surface area (Å²) in [6.07, 6.45) is -0.362. The van der Waals surface area contributed by atoms with Crippen LogP contribution in [-0.2, 0) is 13.2 Å². The summed E-state index contributed by atoms with van der Waals surface area (Å²) < 4.78 is 40.1. The van der Waals surface area contributed by atoms with Gasteiger partial charge in [0.2, 0.25) is 0 Å². The fraction of sp³-hybridized carbons (Fsp3) is 0.438. The second kappa shape index (κ2) is 6.38. The summed E-state index contributed by atoms with van der Waals surface area (Å²) in [7, 11) is 1.58. The topological polar surface area (TPSA) is 77.0 Å². The first-order valence-corrected chi connectivity index (χ1v) is 7.87. The maximum absolute atomic E-state index is 12.9. The monoisotopic (exact) mass is 353 g/mol. The van der Waals surface area contributed by atoms with Gasteiger partial charge in [-0.25, -0.2) is 4.98 Å². The van der Waals surface area contributed by atoms with Crippen LogP contribution in [0, 0.1) is 0 Å². The van der Waals surface area contributed by atoms with Gasteiger partial charge < -0.3 is 15.2 Å². The summed E-state index contributed by atoms with van der Waals surface area (Å²) >= 11 is 0. The highest BCUT2D eigenvalue weighted by Gasteiger charge is 2.36. The van der Waals surface area contributed by atoms with E-state index < -0.39 is 17.8 Å². The molecule has 9 heteroatoms. The quantitative estimate of drug-likeness (QED) is 0.919. The van der Waals surface area contributed by atoms with Crippen LogP contribution in [0.1, 0.15) is 40.8 Å². The number of carbonyl (C=O) groups is 1. The Hall–Kier alpha value is -2.58. The zero-order valence-corrected chi connectivity index (χ0v) is 13.6. The van der Waals surface area contributed by atoms with Gasteiger partial charge in [0.1, 0.15) is 11.5 Å². The minimum absolute atomic E-state index is 0.125. The molecule has 1 amide bonds. The molecular weight excluding hydrogens is 335 g/mol. The van der Waals surface area contributed by atoms with Gasteiger partial charge in [-0.15, -0.1) is 0 Å². The van der Waals surface area contributed by atoms with E-state index in [2.05, 4.69) is 9.97 Å². The number of rotatable bonds is 3. The first kappa shape index (κ1) is 17.2. The van der Waals surface area contributed by atoms with Gasteiger partial charge in [0.25, 0.3) is 5.91 Å². The number of aromatic nitrogens is 3. The third kappa shape index (κ3) is 3.59. The number of imidazole rings is 1. The minimum Gasteiger partial charge on any atom is -0.371 e. The van der Waals surface area contributed by atoms with E-state index in [1.165, 1.54) is 10.8 Å². The fourth-order valence-corrected chi connectivity index (χ4v) is 3.17. The summed E-state index contributed by atoms with van der Waals surface area (Å²) in [6.45, 7) is 1.26. The molecule has 1 aliphatic heterocycles. The van der Waals surface area contributed by atoms with Crippen LogP contribution in [0.5, 0.6) is 0 Å². The standard InChI is InChI=1S/C16H18F3N5O/c1-23-9-13(16(17,18)19)22-15(23)10-3-2-6-24(8-10)11-4-5-21-12(7-11)14(20)25/h4-5,7,9-10H,2-3,6,8H2,1H3,(H2,20,25)/t10-/m1/s1. The third-order valence-corrected chi connectivity index (χ3v) is 4.35. The smallest absolute Gasteiger partial charge is 0.371 e. The number of anilines is 1. The lowest BCUT2D eigenvalue weighted by Crippen LogP contribution is -2.35. The Morgan fingerprint density at radius 3 is 2.80 bits per heavy atom. The second-order valence-corrected chi connectivity index (χ2v) is 6.14. The number of nitrogens with two attached hydrogens (primary N) is 1.